The number of amides is 1. The number of thioether (sulfide) groups is 1. The number of fused-ring (bicyclic) bond motifs is 3. The van der Waals surface area contributed by atoms with Crippen LogP contribution in [0.1, 0.15) is 30.7 Å². The molecule has 5 rings (SSSR count). The summed E-state index contributed by atoms with van der Waals surface area (Å²) in [7, 11) is 0. The van der Waals surface area contributed by atoms with E-state index in [2.05, 4.69) is 19.2 Å². The zero-order chi connectivity index (χ0) is 23.7. The highest BCUT2D eigenvalue weighted by Crippen LogP contribution is 2.39. The van der Waals surface area contributed by atoms with Gasteiger partial charge in [0.05, 0.1) is 29.0 Å². The van der Waals surface area contributed by atoms with Gasteiger partial charge in [-0.15, -0.1) is 11.3 Å². The summed E-state index contributed by atoms with van der Waals surface area (Å²) in [5.41, 5.74) is 2.14. The molecule has 174 valence electrons. The maximum atomic E-state index is 13.9. The van der Waals surface area contributed by atoms with E-state index in [1.807, 2.05) is 60.7 Å². The van der Waals surface area contributed by atoms with E-state index in [-0.39, 0.29) is 22.8 Å². The molecule has 0 bridgehead atoms. The quantitative estimate of drug-likeness (QED) is 0.288. The van der Waals surface area contributed by atoms with Crippen LogP contribution in [-0.4, -0.2) is 26.8 Å². The summed E-state index contributed by atoms with van der Waals surface area (Å²) in [5.74, 6) is -0.00958. The number of benzene rings is 2. The van der Waals surface area contributed by atoms with Crippen molar-refractivity contribution in [3.8, 4) is 5.69 Å². The summed E-state index contributed by atoms with van der Waals surface area (Å²) in [6.07, 6.45) is 1.56. The van der Waals surface area contributed by atoms with Gasteiger partial charge >= 0.3 is 0 Å². The lowest BCUT2D eigenvalue weighted by Gasteiger charge is -2.32. The summed E-state index contributed by atoms with van der Waals surface area (Å²) >= 11 is 2.78. The molecule has 2 aromatic carbocycles. The molecule has 1 unspecified atom stereocenters. The maximum absolute atomic E-state index is 13.9. The Balaban J connectivity index is 1.55. The Morgan fingerprint density at radius 3 is 2.59 bits per heavy atom. The van der Waals surface area contributed by atoms with Crippen molar-refractivity contribution in [3.05, 3.63) is 81.5 Å². The lowest BCUT2D eigenvalue weighted by molar-refractivity contribution is -0.113. The normalized spacial score (nSPS) is 17.5. The standard InChI is InChI=1S/C26H25N3O3S2/c1-3-26(2)14-19-20(15-32-26)34-23-22(19)24(31)29(18-12-8-5-9-13-18)25(28-23)33-16-21(30)27-17-10-6-4-7-11-17/h4-13H,3,14-16H2,1-2H3,(H,27,30). The van der Waals surface area contributed by atoms with E-state index in [4.69, 9.17) is 9.72 Å². The predicted octanol–water partition coefficient (Wildman–Crippen LogP) is 5.42. The van der Waals surface area contributed by atoms with E-state index in [1.165, 1.54) is 23.1 Å². The molecule has 0 saturated heterocycles. The van der Waals surface area contributed by atoms with Crippen LogP contribution in [0.25, 0.3) is 15.9 Å². The zero-order valence-electron chi connectivity index (χ0n) is 19.0. The van der Waals surface area contributed by atoms with Gasteiger partial charge in [0.15, 0.2) is 5.16 Å². The molecule has 3 heterocycles. The van der Waals surface area contributed by atoms with Gasteiger partial charge in [-0.2, -0.15) is 0 Å². The fourth-order valence-electron chi connectivity index (χ4n) is 4.08. The average Bonchev–Trinajstić information content (AvgIpc) is 3.21. The van der Waals surface area contributed by atoms with E-state index < -0.39 is 0 Å². The lowest BCUT2D eigenvalue weighted by Crippen LogP contribution is -2.34. The topological polar surface area (TPSA) is 73.2 Å². The molecule has 1 aliphatic heterocycles. The number of nitrogens with zero attached hydrogens (tertiary/aromatic N) is 2. The van der Waals surface area contributed by atoms with Gasteiger partial charge in [0.25, 0.3) is 5.56 Å². The smallest absolute Gasteiger partial charge is 0.267 e. The minimum absolute atomic E-state index is 0.0972. The van der Waals surface area contributed by atoms with Crippen LogP contribution in [0.4, 0.5) is 5.69 Å². The largest absolute Gasteiger partial charge is 0.369 e. The van der Waals surface area contributed by atoms with E-state index in [0.29, 0.717) is 28.4 Å². The van der Waals surface area contributed by atoms with Gasteiger partial charge in [0, 0.05) is 17.0 Å². The minimum Gasteiger partial charge on any atom is -0.369 e. The molecule has 0 spiro atoms. The number of para-hydroxylation sites is 2. The molecular formula is C26H25N3O3S2. The maximum Gasteiger partial charge on any atom is 0.267 e. The number of aromatic nitrogens is 2. The van der Waals surface area contributed by atoms with E-state index in [9.17, 15) is 9.59 Å². The Bertz CT molecular complexity index is 1400. The second-order valence-electron chi connectivity index (χ2n) is 8.53. The van der Waals surface area contributed by atoms with Gasteiger partial charge in [-0.05, 0) is 43.2 Å². The van der Waals surface area contributed by atoms with Crippen molar-refractivity contribution in [2.45, 2.75) is 44.1 Å². The molecule has 1 aliphatic rings. The first-order valence-corrected chi connectivity index (χ1v) is 13.0. The molecule has 0 radical (unpaired) electrons. The second kappa shape index (κ2) is 9.37. The molecule has 6 nitrogen and oxygen atoms in total. The monoisotopic (exact) mass is 491 g/mol. The fourth-order valence-corrected chi connectivity index (χ4v) is 6.04. The van der Waals surface area contributed by atoms with Gasteiger partial charge in [0.1, 0.15) is 4.83 Å². The summed E-state index contributed by atoms with van der Waals surface area (Å²) < 4.78 is 7.74. The SMILES string of the molecule is CCC1(C)Cc2c(sc3nc(SCC(=O)Nc4ccccc4)n(-c4ccccc4)c(=O)c23)CO1. The Morgan fingerprint density at radius 1 is 1.18 bits per heavy atom. The number of hydrogen-bond acceptors (Lipinski definition) is 6. The lowest BCUT2D eigenvalue weighted by atomic mass is 9.90. The van der Waals surface area contributed by atoms with Crippen molar-refractivity contribution in [1.82, 2.24) is 9.55 Å². The molecule has 1 atom stereocenters. The Morgan fingerprint density at radius 2 is 1.88 bits per heavy atom. The molecule has 0 fully saturated rings. The van der Waals surface area contributed by atoms with Gasteiger partial charge in [-0.25, -0.2) is 4.98 Å². The first-order valence-electron chi connectivity index (χ1n) is 11.2. The van der Waals surface area contributed by atoms with Crippen LogP contribution in [-0.2, 0) is 22.6 Å². The highest BCUT2D eigenvalue weighted by Gasteiger charge is 2.33. The summed E-state index contributed by atoms with van der Waals surface area (Å²) in [4.78, 5) is 33.1. The number of hydrogen-bond donors (Lipinski definition) is 1. The van der Waals surface area contributed by atoms with E-state index >= 15 is 0 Å². The molecule has 4 aromatic rings. The third-order valence-corrected chi connectivity index (χ3v) is 8.17. The molecule has 1 amide bonds. The van der Waals surface area contributed by atoms with Crippen LogP contribution >= 0.6 is 23.1 Å². The number of rotatable bonds is 6. The van der Waals surface area contributed by atoms with Crippen molar-refractivity contribution in [2.24, 2.45) is 0 Å². The van der Waals surface area contributed by atoms with E-state index in [0.717, 1.165) is 28.2 Å². The Hall–Kier alpha value is -2.94. The van der Waals surface area contributed by atoms with Crippen LogP contribution in [0.3, 0.4) is 0 Å². The first kappa shape index (κ1) is 22.8. The van der Waals surface area contributed by atoms with Crippen LogP contribution in [0, 0.1) is 0 Å². The Labute approximate surface area is 206 Å². The van der Waals surface area contributed by atoms with Crippen LogP contribution in [0.2, 0.25) is 0 Å². The molecule has 0 saturated carbocycles. The molecular weight excluding hydrogens is 466 g/mol. The zero-order valence-corrected chi connectivity index (χ0v) is 20.7. The summed E-state index contributed by atoms with van der Waals surface area (Å²) in [6, 6.07) is 18.8. The summed E-state index contributed by atoms with van der Waals surface area (Å²) in [5, 5.41) is 4.07. The third kappa shape index (κ3) is 4.41. The number of anilines is 1. The molecule has 0 aliphatic carbocycles. The number of thiophene rings is 1. The summed E-state index contributed by atoms with van der Waals surface area (Å²) in [6.45, 7) is 4.70. The second-order valence-corrected chi connectivity index (χ2v) is 10.6. The van der Waals surface area contributed by atoms with Gasteiger partial charge in [-0.1, -0.05) is 55.1 Å². The number of nitrogens with one attached hydrogen (secondary N) is 1. The molecule has 8 heteroatoms. The van der Waals surface area contributed by atoms with Crippen LogP contribution < -0.4 is 10.9 Å². The van der Waals surface area contributed by atoms with Gasteiger partial charge in [0.2, 0.25) is 5.91 Å². The average molecular weight is 492 g/mol. The predicted molar refractivity (Wildman–Crippen MR) is 138 cm³/mol. The first-order chi connectivity index (χ1) is 16.5. The van der Waals surface area contributed by atoms with Gasteiger partial charge < -0.3 is 10.1 Å². The number of carbonyl (C=O) groups excluding carboxylic acids is 1. The third-order valence-electron chi connectivity index (χ3n) is 6.13. The van der Waals surface area contributed by atoms with Crippen molar-refractivity contribution < 1.29 is 9.53 Å². The molecule has 1 N–H and O–H groups in total. The van der Waals surface area contributed by atoms with Crippen LogP contribution in [0.15, 0.2) is 70.6 Å². The Kier molecular flexibility index (Phi) is 6.29. The highest BCUT2D eigenvalue weighted by atomic mass is 32.2. The molecule has 2 aromatic heterocycles. The van der Waals surface area contributed by atoms with Crippen molar-refractivity contribution >= 4 is 44.9 Å². The minimum atomic E-state index is -0.284. The van der Waals surface area contributed by atoms with Crippen molar-refractivity contribution in [3.63, 3.8) is 0 Å². The fraction of sp³-hybridized carbons (Fsp3) is 0.269. The van der Waals surface area contributed by atoms with Gasteiger partial charge in [-0.3, -0.25) is 14.2 Å². The van der Waals surface area contributed by atoms with Crippen molar-refractivity contribution in [1.29, 1.82) is 0 Å². The van der Waals surface area contributed by atoms with Crippen LogP contribution in [0.5, 0.6) is 0 Å². The number of carbonyl (C=O) groups is 1. The highest BCUT2D eigenvalue weighted by molar-refractivity contribution is 7.99. The van der Waals surface area contributed by atoms with Crippen molar-refractivity contribution in [2.75, 3.05) is 11.1 Å². The number of ether oxygens (including phenoxy) is 1. The molecule has 34 heavy (non-hydrogen) atoms. The van der Waals surface area contributed by atoms with E-state index in [1.54, 1.807) is 4.57 Å².